The Balaban J connectivity index is 1.61. The molecule has 1 aromatic carbocycles. The summed E-state index contributed by atoms with van der Waals surface area (Å²) in [5.41, 5.74) is 2.56. The Morgan fingerprint density at radius 1 is 1.27 bits per heavy atom. The van der Waals surface area contributed by atoms with Gasteiger partial charge in [-0.3, -0.25) is 4.72 Å². The highest BCUT2D eigenvalue weighted by molar-refractivity contribution is 7.94. The van der Waals surface area contributed by atoms with Crippen molar-refractivity contribution in [2.24, 2.45) is 0 Å². The Hall–Kier alpha value is -2.12. The van der Waals surface area contributed by atoms with Crippen LogP contribution in [0.4, 0.5) is 5.69 Å². The van der Waals surface area contributed by atoms with E-state index in [-0.39, 0.29) is 4.21 Å². The number of rotatable bonds is 6. The fraction of sp³-hybridized carbons (Fsp3) is 0.316. The zero-order valence-electron chi connectivity index (χ0n) is 14.7. The Bertz CT molecular complexity index is 1050. The number of nitrogens with one attached hydrogen (secondary N) is 1. The van der Waals surface area contributed by atoms with Gasteiger partial charge in [0.1, 0.15) is 4.21 Å². The number of nitrogens with zero attached hydrogens (tertiary/aromatic N) is 1. The highest BCUT2D eigenvalue weighted by Gasteiger charge is 2.29. The van der Waals surface area contributed by atoms with Crippen LogP contribution in [0, 0.1) is 6.92 Å². The lowest BCUT2D eigenvalue weighted by Gasteiger charge is -2.13. The molecule has 0 amide bonds. The molecule has 0 aliphatic heterocycles. The monoisotopic (exact) mass is 388 g/mol. The minimum Gasteiger partial charge on any atom is -0.440 e. The van der Waals surface area contributed by atoms with E-state index in [1.807, 2.05) is 32.0 Å². The Labute approximate surface area is 157 Å². The summed E-state index contributed by atoms with van der Waals surface area (Å²) in [6.45, 7) is 3.92. The van der Waals surface area contributed by atoms with Gasteiger partial charge < -0.3 is 4.42 Å². The first-order chi connectivity index (χ1) is 12.5. The fourth-order valence-electron chi connectivity index (χ4n) is 2.87. The van der Waals surface area contributed by atoms with Gasteiger partial charge in [0.2, 0.25) is 0 Å². The molecule has 7 heteroatoms. The second-order valence-corrected chi connectivity index (χ2v) is 9.52. The van der Waals surface area contributed by atoms with Crippen LogP contribution in [-0.4, -0.2) is 13.4 Å². The smallest absolute Gasteiger partial charge is 0.271 e. The van der Waals surface area contributed by atoms with Gasteiger partial charge in [0.15, 0.2) is 11.7 Å². The molecule has 4 rings (SSSR count). The maximum Gasteiger partial charge on any atom is 0.271 e. The lowest BCUT2D eigenvalue weighted by atomic mass is 10.1. The first-order valence-electron chi connectivity index (χ1n) is 8.65. The lowest BCUT2D eigenvalue weighted by Crippen LogP contribution is -2.13. The molecule has 1 saturated carbocycles. The number of oxazole rings is 1. The molecule has 1 aliphatic carbocycles. The molecule has 2 aromatic heterocycles. The summed E-state index contributed by atoms with van der Waals surface area (Å²) < 4.78 is 34.5. The number of hydrogen-bond donors (Lipinski definition) is 1. The zero-order chi connectivity index (χ0) is 18.3. The summed E-state index contributed by atoms with van der Waals surface area (Å²) in [5.74, 6) is 1.81. The Morgan fingerprint density at radius 2 is 2.08 bits per heavy atom. The predicted octanol–water partition coefficient (Wildman–Crippen LogP) is 4.95. The van der Waals surface area contributed by atoms with Crippen LogP contribution in [-0.2, 0) is 16.4 Å². The van der Waals surface area contributed by atoms with Crippen LogP contribution < -0.4 is 4.72 Å². The molecule has 1 N–H and O–H groups in total. The number of anilines is 1. The fourth-order valence-corrected chi connectivity index (χ4v) is 5.30. The van der Waals surface area contributed by atoms with Gasteiger partial charge in [-0.15, -0.1) is 11.3 Å². The van der Waals surface area contributed by atoms with Gasteiger partial charge >= 0.3 is 0 Å². The maximum absolute atomic E-state index is 12.8. The van der Waals surface area contributed by atoms with Crippen molar-refractivity contribution in [3.8, 4) is 10.6 Å². The molecule has 26 heavy (non-hydrogen) atoms. The number of aryl methyl sites for hydroxylation is 2. The number of sulfonamides is 1. The normalized spacial score (nSPS) is 14.5. The SMILES string of the molecule is CCc1cccc(C)c1NS(=O)(=O)c1ccc(-c2cnc(C3CC3)o2)s1. The summed E-state index contributed by atoms with van der Waals surface area (Å²) in [6.07, 6.45) is 4.67. The van der Waals surface area contributed by atoms with Crippen LogP contribution in [0.2, 0.25) is 0 Å². The molecule has 1 fully saturated rings. The molecule has 0 atom stereocenters. The number of benzene rings is 1. The van der Waals surface area contributed by atoms with E-state index in [1.54, 1.807) is 18.3 Å². The van der Waals surface area contributed by atoms with E-state index in [2.05, 4.69) is 9.71 Å². The molecule has 0 unspecified atom stereocenters. The first-order valence-corrected chi connectivity index (χ1v) is 10.9. The largest absolute Gasteiger partial charge is 0.440 e. The summed E-state index contributed by atoms with van der Waals surface area (Å²) in [6, 6.07) is 9.18. The highest BCUT2D eigenvalue weighted by Crippen LogP contribution is 2.41. The third-order valence-corrected chi connectivity index (χ3v) is 7.46. The van der Waals surface area contributed by atoms with Crippen molar-refractivity contribution in [1.82, 2.24) is 4.98 Å². The van der Waals surface area contributed by atoms with Crippen molar-refractivity contribution < 1.29 is 12.8 Å². The van der Waals surface area contributed by atoms with Gasteiger partial charge in [-0.2, -0.15) is 0 Å². The lowest BCUT2D eigenvalue weighted by molar-refractivity contribution is 0.510. The van der Waals surface area contributed by atoms with E-state index in [1.165, 1.54) is 11.3 Å². The number of para-hydroxylation sites is 1. The van der Waals surface area contributed by atoms with Gasteiger partial charge in [0.25, 0.3) is 10.0 Å². The van der Waals surface area contributed by atoms with Gasteiger partial charge in [0.05, 0.1) is 16.8 Å². The summed E-state index contributed by atoms with van der Waals surface area (Å²) in [7, 11) is -3.65. The summed E-state index contributed by atoms with van der Waals surface area (Å²) >= 11 is 1.19. The van der Waals surface area contributed by atoms with Gasteiger partial charge in [0, 0.05) is 5.92 Å². The maximum atomic E-state index is 12.8. The molecular formula is C19H20N2O3S2. The second kappa shape index (κ2) is 6.55. The minimum absolute atomic E-state index is 0.266. The van der Waals surface area contributed by atoms with E-state index >= 15 is 0 Å². The van der Waals surface area contributed by atoms with Crippen molar-refractivity contribution in [3.63, 3.8) is 0 Å². The first kappa shape index (κ1) is 17.3. The van der Waals surface area contributed by atoms with E-state index in [0.717, 1.165) is 41.2 Å². The van der Waals surface area contributed by atoms with Crippen molar-refractivity contribution in [2.45, 2.75) is 43.2 Å². The van der Waals surface area contributed by atoms with E-state index < -0.39 is 10.0 Å². The number of thiophene rings is 1. The topological polar surface area (TPSA) is 72.2 Å². The minimum atomic E-state index is -3.65. The molecule has 1 aliphatic rings. The molecule has 0 radical (unpaired) electrons. The van der Waals surface area contributed by atoms with Crippen molar-refractivity contribution >= 4 is 27.0 Å². The van der Waals surface area contributed by atoms with Crippen LogP contribution in [0.5, 0.6) is 0 Å². The van der Waals surface area contributed by atoms with Crippen molar-refractivity contribution in [2.75, 3.05) is 4.72 Å². The quantitative estimate of drug-likeness (QED) is 0.648. The van der Waals surface area contributed by atoms with Gasteiger partial charge in [-0.25, -0.2) is 13.4 Å². The molecule has 0 bridgehead atoms. The average Bonchev–Trinajstić information content (AvgIpc) is 3.14. The van der Waals surface area contributed by atoms with Crippen molar-refractivity contribution in [3.05, 3.63) is 53.5 Å². The number of hydrogen-bond acceptors (Lipinski definition) is 5. The van der Waals surface area contributed by atoms with E-state index in [4.69, 9.17) is 4.42 Å². The van der Waals surface area contributed by atoms with Crippen LogP contribution in [0.15, 0.2) is 45.2 Å². The van der Waals surface area contributed by atoms with Gasteiger partial charge in [-0.1, -0.05) is 25.1 Å². The predicted molar refractivity (Wildman–Crippen MR) is 103 cm³/mol. The molecule has 3 aromatic rings. The molecule has 0 spiro atoms. The molecule has 2 heterocycles. The summed E-state index contributed by atoms with van der Waals surface area (Å²) in [5, 5.41) is 0. The van der Waals surface area contributed by atoms with E-state index in [0.29, 0.717) is 17.4 Å². The van der Waals surface area contributed by atoms with Crippen LogP contribution in [0.3, 0.4) is 0 Å². The molecule has 136 valence electrons. The third-order valence-electron chi connectivity index (χ3n) is 4.52. The number of aromatic nitrogens is 1. The molecule has 5 nitrogen and oxygen atoms in total. The summed E-state index contributed by atoms with van der Waals surface area (Å²) in [4.78, 5) is 5.07. The Morgan fingerprint density at radius 3 is 2.81 bits per heavy atom. The average molecular weight is 389 g/mol. The third kappa shape index (κ3) is 3.29. The van der Waals surface area contributed by atoms with Gasteiger partial charge in [-0.05, 0) is 49.4 Å². The van der Waals surface area contributed by atoms with Crippen molar-refractivity contribution in [1.29, 1.82) is 0 Å². The standard InChI is InChI=1S/C19H20N2O3S2/c1-3-13-6-4-5-12(2)18(13)21-26(22,23)17-10-9-16(25-17)15-11-20-19(24-15)14-7-8-14/h4-6,9-11,14,21H,3,7-8H2,1-2H3. The van der Waals surface area contributed by atoms with Crippen LogP contribution in [0.1, 0.15) is 42.7 Å². The molecule has 0 saturated heterocycles. The highest BCUT2D eigenvalue weighted by atomic mass is 32.2. The van der Waals surface area contributed by atoms with Crippen LogP contribution in [0.25, 0.3) is 10.6 Å². The zero-order valence-corrected chi connectivity index (χ0v) is 16.3. The second-order valence-electron chi connectivity index (χ2n) is 6.52. The van der Waals surface area contributed by atoms with Crippen LogP contribution >= 0.6 is 11.3 Å². The molecular weight excluding hydrogens is 368 g/mol. The Kier molecular flexibility index (Phi) is 4.36. The van der Waals surface area contributed by atoms with E-state index in [9.17, 15) is 8.42 Å².